The maximum absolute atomic E-state index is 12.8. The number of morpholine rings is 1. The van der Waals surface area contributed by atoms with Gasteiger partial charge in [0.25, 0.3) is 5.91 Å². The molecule has 0 aromatic heterocycles. The van der Waals surface area contributed by atoms with Crippen LogP contribution >= 0.6 is 0 Å². The van der Waals surface area contributed by atoms with E-state index in [1.54, 1.807) is 36.4 Å². The number of carbonyl (C=O) groups excluding carboxylic acids is 1. The van der Waals surface area contributed by atoms with Crippen molar-refractivity contribution in [1.82, 2.24) is 4.31 Å². The third kappa shape index (κ3) is 5.11. The van der Waals surface area contributed by atoms with E-state index in [-0.39, 0.29) is 10.8 Å². The number of benzene rings is 3. The van der Waals surface area contributed by atoms with E-state index in [4.69, 9.17) is 9.47 Å². The molecule has 3 aromatic carbocycles. The van der Waals surface area contributed by atoms with Crippen molar-refractivity contribution in [1.29, 1.82) is 0 Å². The summed E-state index contributed by atoms with van der Waals surface area (Å²) in [5.41, 5.74) is 0.839. The zero-order valence-electron chi connectivity index (χ0n) is 16.7. The van der Waals surface area contributed by atoms with Gasteiger partial charge in [-0.05, 0) is 54.6 Å². The first-order valence-electron chi connectivity index (χ1n) is 9.85. The van der Waals surface area contributed by atoms with Gasteiger partial charge in [0.2, 0.25) is 10.0 Å². The Balaban J connectivity index is 1.44. The third-order valence-corrected chi connectivity index (χ3v) is 6.69. The van der Waals surface area contributed by atoms with E-state index in [0.717, 1.165) is 0 Å². The summed E-state index contributed by atoms with van der Waals surface area (Å²) in [6.07, 6.45) is 0. The molecule has 0 bridgehead atoms. The first kappa shape index (κ1) is 21.0. The highest BCUT2D eigenvalue weighted by Gasteiger charge is 2.26. The Labute approximate surface area is 181 Å². The first-order chi connectivity index (χ1) is 15.0. The van der Waals surface area contributed by atoms with Crippen LogP contribution in [0.15, 0.2) is 83.8 Å². The zero-order valence-corrected chi connectivity index (χ0v) is 17.5. The Bertz CT molecular complexity index is 1140. The van der Waals surface area contributed by atoms with Gasteiger partial charge in [-0.1, -0.05) is 24.3 Å². The zero-order chi connectivity index (χ0) is 21.7. The Morgan fingerprint density at radius 3 is 2.26 bits per heavy atom. The van der Waals surface area contributed by atoms with Crippen molar-refractivity contribution in [2.75, 3.05) is 31.6 Å². The molecule has 1 saturated heterocycles. The molecule has 8 heteroatoms. The molecule has 1 amide bonds. The van der Waals surface area contributed by atoms with E-state index in [1.165, 1.54) is 16.4 Å². The van der Waals surface area contributed by atoms with E-state index < -0.39 is 10.0 Å². The van der Waals surface area contributed by atoms with Gasteiger partial charge in [-0.2, -0.15) is 4.31 Å². The number of anilines is 1. The molecule has 1 aliphatic rings. The van der Waals surface area contributed by atoms with Gasteiger partial charge in [0.15, 0.2) is 0 Å². The number of ether oxygens (including phenoxy) is 2. The maximum Gasteiger partial charge on any atom is 0.255 e. The molecule has 0 atom stereocenters. The van der Waals surface area contributed by atoms with Gasteiger partial charge in [0.05, 0.1) is 18.1 Å². The van der Waals surface area contributed by atoms with Gasteiger partial charge < -0.3 is 14.8 Å². The molecule has 0 saturated carbocycles. The molecular formula is C23H22N2O5S. The molecule has 7 nitrogen and oxygen atoms in total. The predicted octanol–water partition coefficient (Wildman–Crippen LogP) is 3.75. The van der Waals surface area contributed by atoms with Crippen molar-refractivity contribution in [3.05, 3.63) is 84.4 Å². The number of amides is 1. The number of rotatable bonds is 6. The van der Waals surface area contributed by atoms with Crippen LogP contribution in [0.4, 0.5) is 5.69 Å². The van der Waals surface area contributed by atoms with Crippen molar-refractivity contribution in [2.45, 2.75) is 4.90 Å². The van der Waals surface area contributed by atoms with Gasteiger partial charge in [0, 0.05) is 24.3 Å². The molecule has 1 heterocycles. The second-order valence-corrected chi connectivity index (χ2v) is 8.88. The highest BCUT2D eigenvalue weighted by molar-refractivity contribution is 7.89. The van der Waals surface area contributed by atoms with E-state index in [0.29, 0.717) is 49.1 Å². The van der Waals surface area contributed by atoms with Crippen molar-refractivity contribution in [3.63, 3.8) is 0 Å². The lowest BCUT2D eigenvalue weighted by Gasteiger charge is -2.26. The molecule has 4 rings (SSSR count). The van der Waals surface area contributed by atoms with E-state index >= 15 is 0 Å². The summed E-state index contributed by atoms with van der Waals surface area (Å²) in [5.74, 6) is 0.978. The topological polar surface area (TPSA) is 84.9 Å². The standard InChI is InChI=1S/C23H22N2O5S/c26-23(18-9-11-21(12-10-18)30-20-6-2-1-3-7-20)24-19-5-4-8-22(17-19)31(27,28)25-13-15-29-16-14-25/h1-12,17H,13-16H2,(H,24,26). The van der Waals surface area contributed by atoms with Crippen LogP contribution in [0.1, 0.15) is 10.4 Å². The van der Waals surface area contributed by atoms with Crippen LogP contribution in [0.3, 0.4) is 0 Å². The average Bonchev–Trinajstić information content (AvgIpc) is 2.81. The molecule has 0 aliphatic carbocycles. The minimum absolute atomic E-state index is 0.138. The van der Waals surface area contributed by atoms with Crippen LogP contribution in [-0.4, -0.2) is 44.9 Å². The summed E-state index contributed by atoms with van der Waals surface area (Å²) in [5, 5.41) is 2.76. The lowest BCUT2D eigenvalue weighted by Crippen LogP contribution is -2.40. The SMILES string of the molecule is O=C(Nc1cccc(S(=O)(=O)N2CCOCC2)c1)c1ccc(Oc2ccccc2)cc1. The summed E-state index contributed by atoms with van der Waals surface area (Å²) >= 11 is 0. The molecule has 1 aliphatic heterocycles. The maximum atomic E-state index is 12.8. The normalized spacial score (nSPS) is 14.7. The summed E-state index contributed by atoms with van der Waals surface area (Å²) in [4.78, 5) is 12.8. The summed E-state index contributed by atoms with van der Waals surface area (Å²) in [7, 11) is -3.63. The number of nitrogens with zero attached hydrogens (tertiary/aromatic N) is 1. The molecule has 31 heavy (non-hydrogen) atoms. The molecule has 160 valence electrons. The van der Waals surface area contributed by atoms with Crippen LogP contribution in [-0.2, 0) is 14.8 Å². The van der Waals surface area contributed by atoms with Crippen molar-refractivity contribution < 1.29 is 22.7 Å². The van der Waals surface area contributed by atoms with Crippen molar-refractivity contribution in [3.8, 4) is 11.5 Å². The van der Waals surface area contributed by atoms with E-state index in [2.05, 4.69) is 5.32 Å². The average molecular weight is 439 g/mol. The quantitative estimate of drug-likeness (QED) is 0.634. The smallest absolute Gasteiger partial charge is 0.255 e. The lowest BCUT2D eigenvalue weighted by molar-refractivity contribution is 0.0730. The number of carbonyl (C=O) groups is 1. The van der Waals surface area contributed by atoms with Crippen LogP contribution in [0, 0.1) is 0 Å². The highest BCUT2D eigenvalue weighted by atomic mass is 32.2. The monoisotopic (exact) mass is 438 g/mol. The highest BCUT2D eigenvalue weighted by Crippen LogP contribution is 2.23. The van der Waals surface area contributed by atoms with Gasteiger partial charge in [-0.25, -0.2) is 8.42 Å². The Morgan fingerprint density at radius 1 is 0.871 bits per heavy atom. The number of para-hydroxylation sites is 1. The van der Waals surface area contributed by atoms with Gasteiger partial charge in [-0.15, -0.1) is 0 Å². The fourth-order valence-electron chi connectivity index (χ4n) is 3.17. The Hall–Kier alpha value is -3.20. The second-order valence-electron chi connectivity index (χ2n) is 6.94. The summed E-state index contributed by atoms with van der Waals surface area (Å²) in [6.45, 7) is 1.38. The number of nitrogens with one attached hydrogen (secondary N) is 1. The van der Waals surface area contributed by atoms with E-state index in [9.17, 15) is 13.2 Å². The number of sulfonamides is 1. The van der Waals surface area contributed by atoms with Crippen molar-refractivity contribution in [2.24, 2.45) is 0 Å². The predicted molar refractivity (Wildman–Crippen MR) is 117 cm³/mol. The van der Waals surface area contributed by atoms with Crippen LogP contribution in [0.5, 0.6) is 11.5 Å². The minimum atomic E-state index is -3.63. The molecule has 1 N–H and O–H groups in total. The van der Waals surface area contributed by atoms with E-state index in [1.807, 2.05) is 30.3 Å². The molecule has 1 fully saturated rings. The van der Waals surface area contributed by atoms with Gasteiger partial charge in [0.1, 0.15) is 11.5 Å². The Morgan fingerprint density at radius 2 is 1.55 bits per heavy atom. The summed E-state index contributed by atoms with van der Waals surface area (Å²) < 4.78 is 38.0. The Kier molecular flexibility index (Phi) is 6.31. The largest absolute Gasteiger partial charge is 0.457 e. The second kappa shape index (κ2) is 9.30. The molecule has 0 unspecified atom stereocenters. The molecular weight excluding hydrogens is 416 g/mol. The molecule has 3 aromatic rings. The molecule has 0 radical (unpaired) electrons. The van der Waals surface area contributed by atoms with Crippen LogP contribution < -0.4 is 10.1 Å². The van der Waals surface area contributed by atoms with Crippen LogP contribution in [0.25, 0.3) is 0 Å². The third-order valence-electron chi connectivity index (χ3n) is 4.80. The van der Waals surface area contributed by atoms with Crippen LogP contribution in [0.2, 0.25) is 0 Å². The summed E-state index contributed by atoms with van der Waals surface area (Å²) in [6, 6.07) is 22.3. The fraction of sp³-hybridized carbons (Fsp3) is 0.174. The minimum Gasteiger partial charge on any atom is -0.457 e. The van der Waals surface area contributed by atoms with Crippen molar-refractivity contribution >= 4 is 21.6 Å². The lowest BCUT2D eigenvalue weighted by atomic mass is 10.2. The number of hydrogen-bond donors (Lipinski definition) is 1. The fourth-order valence-corrected chi connectivity index (χ4v) is 4.63. The number of hydrogen-bond acceptors (Lipinski definition) is 5. The molecule has 0 spiro atoms. The first-order valence-corrected chi connectivity index (χ1v) is 11.3. The van der Waals surface area contributed by atoms with Gasteiger partial charge >= 0.3 is 0 Å². The van der Waals surface area contributed by atoms with Gasteiger partial charge in [-0.3, -0.25) is 4.79 Å².